The Hall–Kier alpha value is -2.40. The van der Waals surface area contributed by atoms with Crippen molar-refractivity contribution in [3.05, 3.63) is 74.3 Å². The van der Waals surface area contributed by atoms with Crippen LogP contribution in [0.2, 0.25) is 10.0 Å². The fraction of sp³-hybridized carbons (Fsp3) is 0.211. The lowest BCUT2D eigenvalue weighted by atomic mass is 9.94. The Morgan fingerprint density at radius 1 is 0.969 bits per heavy atom. The first-order valence-corrected chi connectivity index (χ1v) is 8.95. The van der Waals surface area contributed by atoms with E-state index in [1.165, 1.54) is 0 Å². The molecule has 2 nitrogen and oxygen atoms in total. The van der Waals surface area contributed by atoms with Crippen LogP contribution in [0, 0.1) is 0 Å². The third kappa shape index (κ3) is 5.69. The van der Waals surface area contributed by atoms with E-state index in [1.807, 2.05) is 0 Å². The Morgan fingerprint density at radius 2 is 1.50 bits per heavy atom. The first-order valence-electron chi connectivity index (χ1n) is 8.20. The second-order valence-corrected chi connectivity index (χ2v) is 7.11. The van der Waals surface area contributed by atoms with E-state index in [1.54, 1.807) is 0 Å². The molecule has 0 aliphatic carbocycles. The molecule has 2 aromatic carbocycles. The molecule has 0 aliphatic rings. The van der Waals surface area contributed by atoms with Crippen LogP contribution in [0.5, 0.6) is 0 Å². The van der Waals surface area contributed by atoms with Crippen molar-refractivity contribution in [2.45, 2.75) is 24.7 Å². The molecule has 2 rings (SSSR count). The number of carboxylic acid groups (broad SMARTS) is 1. The maximum Gasteiger partial charge on any atom is 0.417 e. The van der Waals surface area contributed by atoms with E-state index in [0.717, 1.165) is 0 Å². The van der Waals surface area contributed by atoms with Crippen molar-refractivity contribution in [3.8, 4) is 0 Å². The Morgan fingerprint density at radius 3 is 1.91 bits per heavy atom. The lowest BCUT2D eigenvalue weighted by molar-refractivity contribution is -0.140. The summed E-state index contributed by atoms with van der Waals surface area (Å²) in [6.07, 6.45) is -13.8. The fourth-order valence-electron chi connectivity index (χ4n) is 2.73. The first kappa shape index (κ1) is 25.9. The van der Waals surface area contributed by atoms with Gasteiger partial charge >= 0.3 is 18.3 Å². The van der Waals surface area contributed by atoms with Gasteiger partial charge in [-0.2, -0.15) is 26.3 Å². The molecule has 174 valence electrons. The predicted molar refractivity (Wildman–Crippen MR) is 97.7 cm³/mol. The van der Waals surface area contributed by atoms with Crippen LogP contribution in [0.3, 0.4) is 0 Å². The molecule has 0 bridgehead atoms. The van der Waals surface area contributed by atoms with Crippen LogP contribution in [-0.2, 0) is 6.18 Å². The van der Waals surface area contributed by atoms with Gasteiger partial charge in [-0.15, -0.1) is 0 Å². The largest absolute Gasteiger partial charge is 0.478 e. The lowest BCUT2D eigenvalue weighted by Gasteiger charge is -2.20. The molecular weight excluding hydrogens is 502 g/mol. The molecular formula is C19H9Cl2F9O2. The van der Waals surface area contributed by atoms with Crippen LogP contribution in [0.25, 0.3) is 5.83 Å². The van der Waals surface area contributed by atoms with Crippen molar-refractivity contribution in [2.75, 3.05) is 0 Å². The Labute approximate surface area is 183 Å². The SMILES string of the molecule is O=C(O)c1ccc(/C(F)=C/C(c2cc(Cl)c(C(F)F)c(Cl)c2)C(F)(F)F)cc1C(F)(F)F. The molecule has 0 radical (unpaired) electrons. The minimum Gasteiger partial charge on any atom is -0.478 e. The van der Waals surface area contributed by atoms with E-state index >= 15 is 0 Å². The maximum absolute atomic E-state index is 14.6. The lowest BCUT2D eigenvalue weighted by Crippen LogP contribution is -2.19. The molecule has 0 saturated heterocycles. The fourth-order valence-corrected chi connectivity index (χ4v) is 3.40. The second kappa shape index (κ2) is 9.22. The van der Waals surface area contributed by atoms with Crippen molar-refractivity contribution < 1.29 is 49.4 Å². The van der Waals surface area contributed by atoms with Gasteiger partial charge in [-0.3, -0.25) is 0 Å². The quantitative estimate of drug-likeness (QED) is 0.410. The zero-order valence-corrected chi connectivity index (χ0v) is 16.6. The van der Waals surface area contributed by atoms with Gasteiger partial charge in [0.25, 0.3) is 6.43 Å². The molecule has 1 unspecified atom stereocenters. The summed E-state index contributed by atoms with van der Waals surface area (Å²) in [5, 5.41) is 7.19. The minimum atomic E-state index is -5.24. The maximum atomic E-state index is 14.6. The van der Waals surface area contributed by atoms with Crippen molar-refractivity contribution in [2.24, 2.45) is 0 Å². The van der Waals surface area contributed by atoms with Crippen LogP contribution in [0.1, 0.15) is 45.0 Å². The number of hydrogen-bond donors (Lipinski definition) is 1. The molecule has 1 atom stereocenters. The molecule has 32 heavy (non-hydrogen) atoms. The molecule has 0 aliphatic heterocycles. The number of halogens is 11. The number of benzene rings is 2. The summed E-state index contributed by atoms with van der Waals surface area (Å²) in [7, 11) is 0. The highest BCUT2D eigenvalue weighted by atomic mass is 35.5. The van der Waals surface area contributed by atoms with Gasteiger partial charge < -0.3 is 5.11 Å². The molecule has 0 aromatic heterocycles. The molecule has 0 heterocycles. The third-order valence-electron chi connectivity index (χ3n) is 4.18. The number of rotatable bonds is 5. The van der Waals surface area contributed by atoms with E-state index in [-0.39, 0.29) is 12.1 Å². The smallest absolute Gasteiger partial charge is 0.417 e. The number of hydrogen-bond acceptors (Lipinski definition) is 1. The highest BCUT2D eigenvalue weighted by Crippen LogP contribution is 2.43. The van der Waals surface area contributed by atoms with Gasteiger partial charge in [0.2, 0.25) is 0 Å². The van der Waals surface area contributed by atoms with Crippen LogP contribution in [0.4, 0.5) is 39.5 Å². The number of carboxylic acids is 1. The van der Waals surface area contributed by atoms with Crippen LogP contribution < -0.4 is 0 Å². The van der Waals surface area contributed by atoms with E-state index in [9.17, 15) is 44.3 Å². The van der Waals surface area contributed by atoms with Crippen molar-refractivity contribution in [1.82, 2.24) is 0 Å². The van der Waals surface area contributed by atoms with Gasteiger partial charge in [0.15, 0.2) is 0 Å². The van der Waals surface area contributed by atoms with Gasteiger partial charge in [-0.1, -0.05) is 29.3 Å². The molecule has 13 heteroatoms. The van der Waals surface area contributed by atoms with E-state index < -0.39 is 74.4 Å². The standard InChI is InChI=1S/C19H9Cl2F9O2/c20-12-4-8(5-13(21)15(12)16(23)24)10(18(25,26)27)6-14(22)7-1-2-9(17(31)32)11(3-7)19(28,29)30/h1-6,10,16H,(H,31,32)/b14-6-. The van der Waals surface area contributed by atoms with Crippen LogP contribution >= 0.6 is 23.2 Å². The summed E-state index contributed by atoms with van der Waals surface area (Å²) in [5.41, 5.74) is -5.78. The van der Waals surface area contributed by atoms with Crippen molar-refractivity contribution in [1.29, 1.82) is 0 Å². The van der Waals surface area contributed by atoms with Gasteiger partial charge in [0, 0.05) is 5.56 Å². The van der Waals surface area contributed by atoms with Gasteiger partial charge in [0.1, 0.15) is 11.7 Å². The molecule has 0 saturated carbocycles. The monoisotopic (exact) mass is 510 g/mol. The molecule has 1 N–H and O–H groups in total. The average molecular weight is 511 g/mol. The number of aromatic carboxylic acids is 1. The minimum absolute atomic E-state index is 0.0442. The Balaban J connectivity index is 2.63. The van der Waals surface area contributed by atoms with Crippen molar-refractivity contribution >= 4 is 35.0 Å². The highest BCUT2D eigenvalue weighted by molar-refractivity contribution is 6.36. The predicted octanol–water partition coefficient (Wildman–Crippen LogP) is 8.30. The van der Waals surface area contributed by atoms with E-state index in [2.05, 4.69) is 0 Å². The summed E-state index contributed by atoms with van der Waals surface area (Å²) in [5.74, 6) is -6.58. The molecule has 2 aromatic rings. The molecule has 0 fully saturated rings. The summed E-state index contributed by atoms with van der Waals surface area (Å²) in [4.78, 5) is 10.9. The summed E-state index contributed by atoms with van der Waals surface area (Å²) in [6, 6.07) is 1.97. The molecule has 0 amide bonds. The summed E-state index contributed by atoms with van der Waals surface area (Å²) >= 11 is 11.1. The van der Waals surface area contributed by atoms with Gasteiger partial charge in [-0.05, 0) is 35.9 Å². The van der Waals surface area contributed by atoms with E-state index in [0.29, 0.717) is 24.3 Å². The van der Waals surface area contributed by atoms with E-state index in [4.69, 9.17) is 28.3 Å². The summed E-state index contributed by atoms with van der Waals surface area (Å²) < 4.78 is 120. The third-order valence-corrected chi connectivity index (χ3v) is 4.80. The topological polar surface area (TPSA) is 37.3 Å². The molecule has 0 spiro atoms. The second-order valence-electron chi connectivity index (χ2n) is 6.30. The summed E-state index contributed by atoms with van der Waals surface area (Å²) in [6.45, 7) is 0. The number of carbonyl (C=O) groups is 1. The average Bonchev–Trinajstić information content (AvgIpc) is 2.62. The van der Waals surface area contributed by atoms with Crippen LogP contribution in [0.15, 0.2) is 36.4 Å². The van der Waals surface area contributed by atoms with Crippen LogP contribution in [-0.4, -0.2) is 17.3 Å². The van der Waals surface area contributed by atoms with Gasteiger partial charge in [-0.25, -0.2) is 18.0 Å². The normalized spacial score (nSPS) is 14.1. The van der Waals surface area contributed by atoms with Gasteiger partial charge in [0.05, 0.1) is 26.7 Å². The zero-order valence-electron chi connectivity index (χ0n) is 15.1. The number of allylic oxidation sites excluding steroid dienone is 1. The number of alkyl halides is 8. The highest BCUT2D eigenvalue weighted by Gasteiger charge is 2.41. The Kier molecular flexibility index (Phi) is 7.45. The first-order chi connectivity index (χ1) is 14.5. The van der Waals surface area contributed by atoms with Crippen molar-refractivity contribution in [3.63, 3.8) is 0 Å². The zero-order chi connectivity index (χ0) is 24.6. The Bertz CT molecular complexity index is 1040.